The van der Waals surface area contributed by atoms with Gasteiger partial charge in [-0.2, -0.15) is 21.6 Å². The third-order valence-corrected chi connectivity index (χ3v) is 4.49. The highest BCUT2D eigenvalue weighted by atomic mass is 32.2. The summed E-state index contributed by atoms with van der Waals surface area (Å²) in [4.78, 5) is 45.5. The second-order valence-electron chi connectivity index (χ2n) is 6.06. The highest BCUT2D eigenvalue weighted by Gasteiger charge is 2.58. The Morgan fingerprint density at radius 3 is 1.71 bits per heavy atom. The number of carbonyl (C=O) groups excluding carboxylic acids is 4. The van der Waals surface area contributed by atoms with E-state index < -0.39 is 76.8 Å². The Labute approximate surface area is 174 Å². The molecule has 16 heteroatoms. The van der Waals surface area contributed by atoms with Crippen molar-refractivity contribution in [2.75, 3.05) is 6.61 Å². The van der Waals surface area contributed by atoms with Crippen molar-refractivity contribution in [2.45, 2.75) is 63.9 Å². The third-order valence-electron chi connectivity index (χ3n) is 3.45. The number of rotatable bonds is 7. The van der Waals surface area contributed by atoms with Gasteiger partial charge in [-0.3, -0.25) is 19.2 Å². The molecule has 1 heterocycles. The normalized spacial score (nSPS) is 26.5. The van der Waals surface area contributed by atoms with E-state index in [1.165, 1.54) is 0 Å². The van der Waals surface area contributed by atoms with E-state index in [0.29, 0.717) is 0 Å². The van der Waals surface area contributed by atoms with Gasteiger partial charge in [-0.1, -0.05) is 0 Å². The molecule has 1 fully saturated rings. The Bertz CT molecular complexity index is 809. The standard InChI is InChI=1S/C15H19F3O12S/c1-6(19)25-5-10-11(26-7(2)20)12(27-8(3)21)13(14(29-10)28-9(4)22)30-31(23,24)15(16,17)18/h10-14H,5H2,1-4H3/t10-,11+,12-,13-,14-/m0/s1. The van der Waals surface area contributed by atoms with E-state index in [4.69, 9.17) is 18.9 Å². The van der Waals surface area contributed by atoms with Crippen LogP contribution in [0.4, 0.5) is 13.2 Å². The molecule has 0 amide bonds. The molecule has 5 atom stereocenters. The van der Waals surface area contributed by atoms with Gasteiger partial charge in [0.2, 0.25) is 6.29 Å². The van der Waals surface area contributed by atoms with Crippen molar-refractivity contribution in [2.24, 2.45) is 0 Å². The molecule has 0 unspecified atom stereocenters. The van der Waals surface area contributed by atoms with Gasteiger partial charge in [0.05, 0.1) is 0 Å². The van der Waals surface area contributed by atoms with Crippen LogP contribution in [0.25, 0.3) is 0 Å². The third kappa shape index (κ3) is 7.62. The first-order valence-electron chi connectivity index (χ1n) is 8.35. The average molecular weight is 480 g/mol. The zero-order valence-corrected chi connectivity index (χ0v) is 17.4. The predicted molar refractivity (Wildman–Crippen MR) is 88.0 cm³/mol. The maximum Gasteiger partial charge on any atom is 0.523 e. The van der Waals surface area contributed by atoms with Gasteiger partial charge in [0, 0.05) is 27.7 Å². The van der Waals surface area contributed by atoms with Crippen molar-refractivity contribution in [1.29, 1.82) is 0 Å². The summed E-state index contributed by atoms with van der Waals surface area (Å²) in [6, 6.07) is 0. The van der Waals surface area contributed by atoms with Crippen LogP contribution < -0.4 is 0 Å². The van der Waals surface area contributed by atoms with Crippen molar-refractivity contribution in [3.63, 3.8) is 0 Å². The Morgan fingerprint density at radius 1 is 0.806 bits per heavy atom. The molecule has 0 saturated carbocycles. The summed E-state index contributed by atoms with van der Waals surface area (Å²) in [6.45, 7) is 2.82. The van der Waals surface area contributed by atoms with Crippen molar-refractivity contribution in [1.82, 2.24) is 0 Å². The van der Waals surface area contributed by atoms with E-state index in [1.807, 2.05) is 0 Å². The summed E-state index contributed by atoms with van der Waals surface area (Å²) in [5.41, 5.74) is -5.90. The van der Waals surface area contributed by atoms with Crippen LogP contribution in [-0.4, -0.2) is 75.1 Å². The van der Waals surface area contributed by atoms with Crippen LogP contribution >= 0.6 is 0 Å². The molecule has 31 heavy (non-hydrogen) atoms. The summed E-state index contributed by atoms with van der Waals surface area (Å²) >= 11 is 0. The molecule has 0 aromatic heterocycles. The zero-order chi connectivity index (χ0) is 24.1. The molecule has 0 N–H and O–H groups in total. The highest BCUT2D eigenvalue weighted by Crippen LogP contribution is 2.34. The van der Waals surface area contributed by atoms with E-state index in [9.17, 15) is 40.8 Å². The van der Waals surface area contributed by atoms with Gasteiger partial charge in [0.15, 0.2) is 18.3 Å². The Balaban J connectivity index is 3.50. The first-order chi connectivity index (χ1) is 14.0. The molecule has 0 aromatic rings. The molecule has 1 rings (SSSR count). The van der Waals surface area contributed by atoms with Gasteiger partial charge < -0.3 is 23.7 Å². The number of alkyl halides is 3. The van der Waals surface area contributed by atoms with Gasteiger partial charge in [0.25, 0.3) is 0 Å². The van der Waals surface area contributed by atoms with Crippen molar-refractivity contribution in [3.05, 3.63) is 0 Å². The summed E-state index contributed by atoms with van der Waals surface area (Å²) in [5.74, 6) is -4.16. The molecule has 1 aliphatic rings. The van der Waals surface area contributed by atoms with Crippen LogP contribution in [0.5, 0.6) is 0 Å². The topological polar surface area (TPSA) is 158 Å². The summed E-state index contributed by atoms with van der Waals surface area (Å²) < 4.78 is 90.1. The molecule has 1 saturated heterocycles. The van der Waals surface area contributed by atoms with E-state index in [2.05, 4.69) is 8.92 Å². The quantitative estimate of drug-likeness (QED) is 0.207. The van der Waals surface area contributed by atoms with Crippen LogP contribution in [0.3, 0.4) is 0 Å². The van der Waals surface area contributed by atoms with Gasteiger partial charge in [-0.15, -0.1) is 0 Å². The van der Waals surface area contributed by atoms with E-state index in [-0.39, 0.29) is 0 Å². The largest absolute Gasteiger partial charge is 0.523 e. The Morgan fingerprint density at radius 2 is 1.29 bits per heavy atom. The summed E-state index contributed by atoms with van der Waals surface area (Å²) in [6.07, 6.45) is -10.0. The van der Waals surface area contributed by atoms with Crippen LogP contribution in [-0.2, 0) is 57.2 Å². The fourth-order valence-electron chi connectivity index (χ4n) is 2.43. The van der Waals surface area contributed by atoms with E-state index in [1.54, 1.807) is 0 Å². The number of hydrogen-bond acceptors (Lipinski definition) is 12. The monoisotopic (exact) mass is 480 g/mol. The average Bonchev–Trinajstić information content (AvgIpc) is 2.56. The molecule has 0 radical (unpaired) electrons. The van der Waals surface area contributed by atoms with Crippen LogP contribution in [0.15, 0.2) is 0 Å². The zero-order valence-electron chi connectivity index (χ0n) is 16.5. The van der Waals surface area contributed by atoms with Crippen molar-refractivity contribution < 1.29 is 68.6 Å². The highest BCUT2D eigenvalue weighted by molar-refractivity contribution is 7.87. The number of carbonyl (C=O) groups is 4. The lowest BCUT2D eigenvalue weighted by atomic mass is 9.98. The smallest absolute Gasteiger partial charge is 0.463 e. The second kappa shape index (κ2) is 10.2. The van der Waals surface area contributed by atoms with Gasteiger partial charge in [-0.25, -0.2) is 4.18 Å². The number of halogens is 3. The molecule has 0 aliphatic carbocycles. The Kier molecular flexibility index (Phi) is 8.77. The second-order valence-corrected chi connectivity index (χ2v) is 7.63. The SMILES string of the molecule is CC(=O)OC[C@@H]1O[C@H](OC(C)=O)[C@@H](OS(=O)(=O)C(F)(F)F)[C@@H](OC(C)=O)[C@@H]1OC(C)=O. The molecule has 0 bridgehead atoms. The van der Waals surface area contributed by atoms with Crippen molar-refractivity contribution >= 4 is 34.0 Å². The number of ether oxygens (including phenoxy) is 5. The summed E-state index contributed by atoms with van der Waals surface area (Å²) in [7, 11) is -6.32. The minimum absolute atomic E-state index is 0.693. The van der Waals surface area contributed by atoms with E-state index in [0.717, 1.165) is 27.7 Å². The molecule has 0 aromatic carbocycles. The molecular formula is C15H19F3O12S. The van der Waals surface area contributed by atoms with Crippen LogP contribution in [0.2, 0.25) is 0 Å². The predicted octanol–water partition coefficient (Wildman–Crippen LogP) is -0.0643. The molecule has 1 aliphatic heterocycles. The van der Waals surface area contributed by atoms with Gasteiger partial charge in [-0.05, 0) is 0 Å². The minimum Gasteiger partial charge on any atom is -0.463 e. The van der Waals surface area contributed by atoms with Crippen LogP contribution in [0.1, 0.15) is 27.7 Å². The summed E-state index contributed by atoms with van der Waals surface area (Å²) in [5, 5.41) is 0. The van der Waals surface area contributed by atoms with Crippen molar-refractivity contribution in [3.8, 4) is 0 Å². The lowest BCUT2D eigenvalue weighted by Crippen LogP contribution is -2.63. The minimum atomic E-state index is -6.32. The molecule has 0 spiro atoms. The first kappa shape index (κ1) is 26.6. The fourth-order valence-corrected chi connectivity index (χ4v) is 3.04. The van der Waals surface area contributed by atoms with Crippen LogP contribution in [0, 0.1) is 0 Å². The lowest BCUT2D eigenvalue weighted by Gasteiger charge is -2.43. The molecular weight excluding hydrogens is 461 g/mol. The maximum atomic E-state index is 12.8. The fraction of sp³-hybridized carbons (Fsp3) is 0.733. The molecule has 178 valence electrons. The maximum absolute atomic E-state index is 12.8. The molecule has 12 nitrogen and oxygen atoms in total. The lowest BCUT2D eigenvalue weighted by molar-refractivity contribution is -0.292. The first-order valence-corrected chi connectivity index (χ1v) is 9.76. The van der Waals surface area contributed by atoms with E-state index >= 15 is 0 Å². The Hall–Kier alpha value is -2.46. The number of hydrogen-bond donors (Lipinski definition) is 0. The number of esters is 4. The van der Waals surface area contributed by atoms with Gasteiger partial charge in [0.1, 0.15) is 12.7 Å². The van der Waals surface area contributed by atoms with Gasteiger partial charge >= 0.3 is 39.5 Å².